The molecule has 0 aliphatic carbocycles. The monoisotopic (exact) mass is 447 g/mol. The van der Waals surface area contributed by atoms with E-state index in [1.807, 2.05) is 13.8 Å². The molecule has 3 rings (SSSR count). The van der Waals surface area contributed by atoms with Gasteiger partial charge in [-0.3, -0.25) is 4.90 Å². The zero-order valence-electron chi connectivity index (χ0n) is 20.5. The summed E-state index contributed by atoms with van der Waals surface area (Å²) in [6.07, 6.45) is 3.36. The van der Waals surface area contributed by atoms with Crippen LogP contribution >= 0.6 is 0 Å². The van der Waals surface area contributed by atoms with Crippen LogP contribution in [0.25, 0.3) is 0 Å². The fourth-order valence-corrected chi connectivity index (χ4v) is 5.06. The van der Waals surface area contributed by atoms with E-state index in [0.717, 1.165) is 43.7 Å². The Morgan fingerprint density at radius 2 is 1.88 bits per heavy atom. The maximum Gasteiger partial charge on any atom is 0.161 e. The van der Waals surface area contributed by atoms with Crippen LogP contribution in [0, 0.1) is 17.8 Å². The van der Waals surface area contributed by atoms with Crippen molar-refractivity contribution >= 4 is 6.29 Å². The van der Waals surface area contributed by atoms with E-state index in [1.54, 1.807) is 14.2 Å². The third-order valence-corrected chi connectivity index (χ3v) is 7.41. The minimum Gasteiger partial charge on any atom is -0.493 e. The highest BCUT2D eigenvalue weighted by molar-refractivity contribution is 5.64. The molecule has 2 heterocycles. The first-order chi connectivity index (χ1) is 15.1. The topological polar surface area (TPSA) is 100 Å². The van der Waals surface area contributed by atoms with Crippen molar-refractivity contribution in [3.63, 3.8) is 0 Å². The maximum absolute atomic E-state index is 11.7. The molecule has 0 amide bonds. The van der Waals surface area contributed by atoms with Gasteiger partial charge in [-0.15, -0.1) is 0 Å². The van der Waals surface area contributed by atoms with Gasteiger partial charge in [0.1, 0.15) is 12.0 Å². The molecule has 1 fully saturated rings. The molecule has 1 saturated heterocycles. The van der Waals surface area contributed by atoms with Gasteiger partial charge in [-0.2, -0.15) is 0 Å². The first kappa shape index (κ1) is 25.0. The molecule has 4 atom stereocenters. The van der Waals surface area contributed by atoms with Crippen molar-refractivity contribution in [1.82, 2.24) is 4.90 Å². The van der Waals surface area contributed by atoms with Crippen LogP contribution in [0.2, 0.25) is 0 Å². The second-order valence-corrected chi connectivity index (χ2v) is 10.3. The molecule has 0 aromatic heterocycles. The minimum atomic E-state index is -1.05. The Kier molecular flexibility index (Phi) is 7.55. The predicted molar refractivity (Wildman–Crippen MR) is 126 cm³/mol. The molecule has 180 valence electrons. The lowest BCUT2D eigenvalue weighted by atomic mass is 9.75. The number of ether oxygens (including phenoxy) is 3. The summed E-state index contributed by atoms with van der Waals surface area (Å²) in [5.74, 6) is 2.08. The number of piperidine rings is 1. The Morgan fingerprint density at radius 1 is 1.22 bits per heavy atom. The van der Waals surface area contributed by atoms with Crippen LogP contribution < -0.4 is 20.9 Å². The van der Waals surface area contributed by atoms with Crippen LogP contribution in [0.5, 0.6) is 11.5 Å². The molecule has 32 heavy (non-hydrogen) atoms. The third-order valence-electron chi connectivity index (χ3n) is 7.41. The van der Waals surface area contributed by atoms with E-state index in [1.165, 1.54) is 11.1 Å². The lowest BCUT2D eigenvalue weighted by molar-refractivity contribution is -0.157. The van der Waals surface area contributed by atoms with E-state index < -0.39 is 11.3 Å². The summed E-state index contributed by atoms with van der Waals surface area (Å²) in [5.41, 5.74) is 13.9. The fourth-order valence-electron chi connectivity index (χ4n) is 5.06. The molecule has 0 spiro atoms. The van der Waals surface area contributed by atoms with Gasteiger partial charge in [0.25, 0.3) is 0 Å². The number of rotatable bonds is 9. The fraction of sp³-hybridized carbons (Fsp3) is 0.720. The molecule has 1 aromatic rings. The second-order valence-electron chi connectivity index (χ2n) is 10.3. The Morgan fingerprint density at radius 3 is 2.44 bits per heavy atom. The van der Waals surface area contributed by atoms with Gasteiger partial charge >= 0.3 is 0 Å². The van der Waals surface area contributed by atoms with Gasteiger partial charge < -0.3 is 30.5 Å². The first-order valence-electron chi connectivity index (χ1n) is 11.7. The van der Waals surface area contributed by atoms with Crippen LogP contribution in [0.1, 0.15) is 57.7 Å². The standard InChI is InChI=1S/C25H41N3O4/c1-16(2)9-19-13-28-8-7-18-10-22(30-5)23(31-6)11-20(18)21(28)12-25(19,27)32-15-24(26,14-29)17(3)4/h10-11,14,16-17,19,21H,7-9,12-13,15,26-27H2,1-6H3. The van der Waals surface area contributed by atoms with E-state index in [4.69, 9.17) is 25.7 Å². The van der Waals surface area contributed by atoms with Crippen molar-refractivity contribution in [2.45, 2.75) is 64.3 Å². The summed E-state index contributed by atoms with van der Waals surface area (Å²) in [7, 11) is 3.32. The van der Waals surface area contributed by atoms with Crippen LogP contribution in [-0.2, 0) is 16.0 Å². The summed E-state index contributed by atoms with van der Waals surface area (Å²) in [6.45, 7) is 10.2. The van der Waals surface area contributed by atoms with Crippen molar-refractivity contribution in [1.29, 1.82) is 0 Å². The first-order valence-corrected chi connectivity index (χ1v) is 11.7. The largest absolute Gasteiger partial charge is 0.493 e. The second kappa shape index (κ2) is 9.67. The predicted octanol–water partition coefficient (Wildman–Crippen LogP) is 2.89. The van der Waals surface area contributed by atoms with E-state index >= 15 is 0 Å². The van der Waals surface area contributed by atoms with Crippen molar-refractivity contribution in [3.8, 4) is 11.5 Å². The number of benzene rings is 1. The number of fused-ring (bicyclic) bond motifs is 3. The summed E-state index contributed by atoms with van der Waals surface area (Å²) in [6, 6.07) is 4.29. The van der Waals surface area contributed by atoms with Gasteiger partial charge in [-0.25, -0.2) is 0 Å². The molecule has 4 unspecified atom stereocenters. The molecule has 7 nitrogen and oxygen atoms in total. The number of hydrogen-bond acceptors (Lipinski definition) is 7. The molecular weight excluding hydrogens is 406 g/mol. The van der Waals surface area contributed by atoms with Crippen LogP contribution in [0.4, 0.5) is 0 Å². The van der Waals surface area contributed by atoms with E-state index in [-0.39, 0.29) is 24.5 Å². The lowest BCUT2D eigenvalue weighted by Gasteiger charge is -2.52. The zero-order valence-corrected chi connectivity index (χ0v) is 20.5. The summed E-state index contributed by atoms with van der Waals surface area (Å²) < 4.78 is 17.5. The van der Waals surface area contributed by atoms with Crippen LogP contribution in [-0.4, -0.2) is 56.4 Å². The number of hydrogen-bond donors (Lipinski definition) is 2. The molecule has 0 saturated carbocycles. The number of aldehydes is 1. The number of methoxy groups -OCH3 is 2. The van der Waals surface area contributed by atoms with Crippen molar-refractivity contribution in [2.24, 2.45) is 29.2 Å². The molecule has 2 aliphatic rings. The average molecular weight is 448 g/mol. The lowest BCUT2D eigenvalue weighted by Crippen LogP contribution is -2.63. The van der Waals surface area contributed by atoms with Crippen LogP contribution in [0.3, 0.4) is 0 Å². The molecule has 2 aliphatic heterocycles. The van der Waals surface area contributed by atoms with Gasteiger partial charge in [0.15, 0.2) is 11.5 Å². The molecule has 4 N–H and O–H groups in total. The number of nitrogens with two attached hydrogens (primary N) is 2. The number of carbonyl (C=O) groups excluding carboxylic acids is 1. The van der Waals surface area contributed by atoms with E-state index in [9.17, 15) is 4.79 Å². The smallest absolute Gasteiger partial charge is 0.161 e. The van der Waals surface area contributed by atoms with Crippen molar-refractivity contribution in [2.75, 3.05) is 33.9 Å². The van der Waals surface area contributed by atoms with Gasteiger partial charge in [-0.05, 0) is 47.9 Å². The Hall–Kier alpha value is -1.67. The highest BCUT2D eigenvalue weighted by atomic mass is 16.5. The Bertz CT molecular complexity index is 815. The molecule has 1 aromatic carbocycles. The Balaban J connectivity index is 1.94. The summed E-state index contributed by atoms with van der Waals surface area (Å²) >= 11 is 0. The summed E-state index contributed by atoms with van der Waals surface area (Å²) in [5, 5.41) is 0. The molecule has 0 bridgehead atoms. The average Bonchev–Trinajstić information content (AvgIpc) is 2.76. The van der Waals surface area contributed by atoms with Gasteiger partial charge in [-0.1, -0.05) is 27.7 Å². The highest BCUT2D eigenvalue weighted by Gasteiger charge is 2.48. The van der Waals surface area contributed by atoms with Gasteiger partial charge in [0.2, 0.25) is 0 Å². The summed E-state index contributed by atoms with van der Waals surface area (Å²) in [4.78, 5) is 14.3. The molecule has 7 heteroatoms. The number of nitrogens with zero attached hydrogens (tertiary/aromatic N) is 1. The van der Waals surface area contributed by atoms with E-state index in [0.29, 0.717) is 12.3 Å². The van der Waals surface area contributed by atoms with Crippen molar-refractivity contribution < 1.29 is 19.0 Å². The highest BCUT2D eigenvalue weighted by Crippen LogP contribution is 2.46. The minimum absolute atomic E-state index is 0.0422. The van der Waals surface area contributed by atoms with Gasteiger partial charge in [0, 0.05) is 31.5 Å². The Labute approximate surface area is 192 Å². The number of carbonyl (C=O) groups is 1. The molecular formula is C25H41N3O4. The zero-order chi connectivity index (χ0) is 23.7. The van der Waals surface area contributed by atoms with Crippen LogP contribution in [0.15, 0.2) is 12.1 Å². The SMILES string of the molecule is COc1cc2c(cc1OC)C1CC(N)(OCC(N)(C=O)C(C)C)C(CC(C)C)CN1CC2. The quantitative estimate of drug-likeness (QED) is 0.443. The molecule has 0 radical (unpaired) electrons. The normalized spacial score (nSPS) is 27.6. The third kappa shape index (κ3) is 4.81. The maximum atomic E-state index is 11.7. The van der Waals surface area contributed by atoms with E-state index in [2.05, 4.69) is 30.9 Å². The van der Waals surface area contributed by atoms with Crippen molar-refractivity contribution in [3.05, 3.63) is 23.3 Å². The van der Waals surface area contributed by atoms with Gasteiger partial charge in [0.05, 0.1) is 26.4 Å².